The van der Waals surface area contributed by atoms with Crippen LogP contribution in [-0.2, 0) is 11.3 Å². The molecule has 0 saturated heterocycles. The number of amides is 1. The third kappa shape index (κ3) is 4.34. The first-order chi connectivity index (χ1) is 13.0. The molecule has 2 aromatic carbocycles. The van der Waals surface area contributed by atoms with E-state index in [1.54, 1.807) is 18.0 Å². The minimum atomic E-state index is -0.207. The highest BCUT2D eigenvalue weighted by Gasteiger charge is 2.13. The Morgan fingerprint density at radius 2 is 1.89 bits per heavy atom. The van der Waals surface area contributed by atoms with Gasteiger partial charge in [0.05, 0.1) is 23.8 Å². The number of likely N-dealkylation sites (N-methyl/N-ethyl adjacent to an activating group) is 1. The molecule has 0 aliphatic rings. The Hall–Kier alpha value is -3.15. The second kappa shape index (κ2) is 8.03. The average Bonchev–Trinajstić information content (AvgIpc) is 2.66. The van der Waals surface area contributed by atoms with Gasteiger partial charge in [-0.2, -0.15) is 0 Å². The molecular weight excluding hydrogens is 342 g/mol. The highest BCUT2D eigenvalue weighted by atomic mass is 16.5. The quantitative estimate of drug-likeness (QED) is 0.673. The van der Waals surface area contributed by atoms with Crippen LogP contribution >= 0.6 is 0 Å². The molecule has 140 valence electrons. The molecule has 0 unspecified atom stereocenters. The van der Waals surface area contributed by atoms with Crippen molar-refractivity contribution in [2.24, 2.45) is 0 Å². The van der Waals surface area contributed by atoms with Gasteiger partial charge in [-0.25, -0.2) is 4.98 Å². The van der Waals surface area contributed by atoms with Gasteiger partial charge in [-0.1, -0.05) is 29.8 Å². The van der Waals surface area contributed by atoms with Crippen LogP contribution < -0.4 is 10.3 Å². The van der Waals surface area contributed by atoms with Gasteiger partial charge in [-0.15, -0.1) is 0 Å². The molecule has 1 heterocycles. The van der Waals surface area contributed by atoms with E-state index < -0.39 is 0 Å². The summed E-state index contributed by atoms with van der Waals surface area (Å²) in [5.41, 5.74) is 2.57. The Morgan fingerprint density at radius 3 is 2.63 bits per heavy atom. The number of carbonyl (C=O) groups excluding carboxylic acids is 1. The summed E-state index contributed by atoms with van der Waals surface area (Å²) in [4.78, 5) is 30.9. The van der Waals surface area contributed by atoms with Crippen molar-refractivity contribution in [1.82, 2.24) is 14.5 Å². The Balaban J connectivity index is 1.61. The Morgan fingerprint density at radius 1 is 1.15 bits per heavy atom. The molecule has 27 heavy (non-hydrogen) atoms. The summed E-state index contributed by atoms with van der Waals surface area (Å²) < 4.78 is 7.00. The third-order valence-electron chi connectivity index (χ3n) is 4.50. The van der Waals surface area contributed by atoms with Crippen LogP contribution in [0.4, 0.5) is 0 Å². The van der Waals surface area contributed by atoms with Crippen LogP contribution in [0, 0.1) is 13.8 Å². The summed E-state index contributed by atoms with van der Waals surface area (Å²) >= 11 is 0. The Bertz CT molecular complexity index is 1010. The molecule has 0 radical (unpaired) electrons. The molecule has 3 rings (SSSR count). The molecule has 0 N–H and O–H groups in total. The summed E-state index contributed by atoms with van der Waals surface area (Å²) in [5.74, 6) is 0.602. The number of fused-ring (bicyclic) bond motifs is 1. The Labute approximate surface area is 158 Å². The monoisotopic (exact) mass is 365 g/mol. The largest absolute Gasteiger partial charge is 0.492 e. The maximum Gasteiger partial charge on any atom is 0.261 e. The third-order valence-corrected chi connectivity index (χ3v) is 4.50. The zero-order valence-electron chi connectivity index (χ0n) is 15.8. The minimum Gasteiger partial charge on any atom is -0.492 e. The fourth-order valence-corrected chi connectivity index (χ4v) is 2.78. The lowest BCUT2D eigenvalue weighted by Crippen LogP contribution is -2.36. The first kappa shape index (κ1) is 18.6. The standard InChI is InChI=1S/C21H23N3O3/c1-15-7-9-17(10-8-15)27-12-11-23(3)19(25)13-24-14-22-20-16(2)5-4-6-18(20)21(24)26/h4-10,14H,11-13H2,1-3H3. The van der Waals surface area contributed by atoms with Crippen molar-refractivity contribution in [2.75, 3.05) is 20.2 Å². The van der Waals surface area contributed by atoms with Gasteiger partial charge in [0, 0.05) is 7.05 Å². The molecule has 0 aliphatic heterocycles. The van der Waals surface area contributed by atoms with Crippen molar-refractivity contribution >= 4 is 16.8 Å². The SMILES string of the molecule is Cc1ccc(OCCN(C)C(=O)Cn2cnc3c(C)cccc3c2=O)cc1. The van der Waals surface area contributed by atoms with E-state index >= 15 is 0 Å². The molecule has 1 amide bonds. The van der Waals surface area contributed by atoms with Crippen molar-refractivity contribution in [3.8, 4) is 5.75 Å². The highest BCUT2D eigenvalue weighted by molar-refractivity contribution is 5.81. The molecular formula is C21H23N3O3. The van der Waals surface area contributed by atoms with Gasteiger partial charge in [-0.05, 0) is 37.6 Å². The van der Waals surface area contributed by atoms with Gasteiger partial charge in [0.15, 0.2) is 0 Å². The summed E-state index contributed by atoms with van der Waals surface area (Å²) in [7, 11) is 1.70. The lowest BCUT2D eigenvalue weighted by molar-refractivity contribution is -0.130. The normalized spacial score (nSPS) is 10.8. The fourth-order valence-electron chi connectivity index (χ4n) is 2.78. The number of hydrogen-bond acceptors (Lipinski definition) is 4. The van der Waals surface area contributed by atoms with Crippen LogP contribution in [0.2, 0.25) is 0 Å². The molecule has 0 saturated carbocycles. The molecule has 0 fully saturated rings. The first-order valence-electron chi connectivity index (χ1n) is 8.84. The number of rotatable bonds is 6. The zero-order valence-corrected chi connectivity index (χ0v) is 15.8. The molecule has 0 bridgehead atoms. The number of ether oxygens (including phenoxy) is 1. The van der Waals surface area contributed by atoms with Gasteiger partial charge in [0.25, 0.3) is 5.56 Å². The molecule has 1 aromatic heterocycles. The van der Waals surface area contributed by atoms with E-state index in [1.807, 2.05) is 50.2 Å². The molecule has 0 aliphatic carbocycles. The van der Waals surface area contributed by atoms with E-state index in [1.165, 1.54) is 16.5 Å². The smallest absolute Gasteiger partial charge is 0.261 e. The van der Waals surface area contributed by atoms with Crippen molar-refractivity contribution in [3.05, 3.63) is 70.3 Å². The van der Waals surface area contributed by atoms with Crippen molar-refractivity contribution in [1.29, 1.82) is 0 Å². The molecule has 6 nitrogen and oxygen atoms in total. The molecule has 0 spiro atoms. The predicted molar refractivity (Wildman–Crippen MR) is 105 cm³/mol. The van der Waals surface area contributed by atoms with E-state index in [0.717, 1.165) is 11.3 Å². The second-order valence-electron chi connectivity index (χ2n) is 6.63. The predicted octanol–water partition coefficient (Wildman–Crippen LogP) is 2.55. The van der Waals surface area contributed by atoms with Crippen molar-refractivity contribution in [2.45, 2.75) is 20.4 Å². The van der Waals surface area contributed by atoms with E-state index in [0.29, 0.717) is 24.1 Å². The van der Waals surface area contributed by atoms with Crippen molar-refractivity contribution < 1.29 is 9.53 Å². The van der Waals surface area contributed by atoms with Crippen LogP contribution in [-0.4, -0.2) is 40.6 Å². The number of para-hydroxylation sites is 1. The number of carbonyl (C=O) groups is 1. The summed E-state index contributed by atoms with van der Waals surface area (Å²) in [6.07, 6.45) is 1.44. The molecule has 6 heteroatoms. The molecule has 0 atom stereocenters. The first-order valence-corrected chi connectivity index (χ1v) is 8.84. The highest BCUT2D eigenvalue weighted by Crippen LogP contribution is 2.12. The fraction of sp³-hybridized carbons (Fsp3) is 0.286. The maximum atomic E-state index is 12.6. The Kier molecular flexibility index (Phi) is 5.54. The summed E-state index contributed by atoms with van der Waals surface area (Å²) in [5, 5.41) is 0.524. The maximum absolute atomic E-state index is 12.6. The van der Waals surface area contributed by atoms with E-state index in [9.17, 15) is 9.59 Å². The number of nitrogens with zero attached hydrogens (tertiary/aromatic N) is 3. The number of aryl methyl sites for hydroxylation is 2. The topological polar surface area (TPSA) is 64.4 Å². The van der Waals surface area contributed by atoms with E-state index in [4.69, 9.17) is 4.74 Å². The minimum absolute atomic E-state index is 0.0449. The zero-order chi connectivity index (χ0) is 19.4. The number of benzene rings is 2. The van der Waals surface area contributed by atoms with Gasteiger partial charge in [0.2, 0.25) is 5.91 Å². The second-order valence-corrected chi connectivity index (χ2v) is 6.63. The summed E-state index contributed by atoms with van der Waals surface area (Å²) in [6, 6.07) is 13.2. The van der Waals surface area contributed by atoms with Crippen LogP contribution in [0.15, 0.2) is 53.6 Å². The molecule has 3 aromatic rings. The van der Waals surface area contributed by atoms with Gasteiger partial charge in [-0.3, -0.25) is 14.2 Å². The van der Waals surface area contributed by atoms with Crippen molar-refractivity contribution in [3.63, 3.8) is 0 Å². The van der Waals surface area contributed by atoms with Crippen LogP contribution in [0.25, 0.3) is 10.9 Å². The van der Waals surface area contributed by atoms with Crippen LogP contribution in [0.5, 0.6) is 5.75 Å². The number of aromatic nitrogens is 2. The van der Waals surface area contributed by atoms with E-state index in [-0.39, 0.29) is 18.0 Å². The van der Waals surface area contributed by atoms with E-state index in [2.05, 4.69) is 4.98 Å². The summed E-state index contributed by atoms with van der Waals surface area (Å²) in [6.45, 7) is 4.70. The van der Waals surface area contributed by atoms with Crippen LogP contribution in [0.1, 0.15) is 11.1 Å². The van der Waals surface area contributed by atoms with Gasteiger partial charge in [0.1, 0.15) is 18.9 Å². The lowest BCUT2D eigenvalue weighted by Gasteiger charge is -2.18. The number of hydrogen-bond donors (Lipinski definition) is 0. The lowest BCUT2D eigenvalue weighted by atomic mass is 10.1. The average molecular weight is 365 g/mol. The van der Waals surface area contributed by atoms with Crippen LogP contribution in [0.3, 0.4) is 0 Å². The van der Waals surface area contributed by atoms with Gasteiger partial charge >= 0.3 is 0 Å². The van der Waals surface area contributed by atoms with Gasteiger partial charge < -0.3 is 9.64 Å².